The number of ether oxygens (including phenoxy) is 1. The van der Waals surface area contributed by atoms with Crippen LogP contribution in [0.5, 0.6) is 0 Å². The Morgan fingerprint density at radius 3 is 1.40 bits per heavy atom. The SMILES string of the molecule is CC/C=C\C/C=C\C/C=C\C/C=C\C/C=C\CCCCCCCCCC(=O)OCC(O)COP(=O)(O)OCC(NC(=O)CCCCCCC/C=C\C/C=C\CCCCC)C(=O)O. The number of aliphatic hydroxyl groups is 1. The molecule has 0 aromatic heterocycles. The van der Waals surface area contributed by atoms with E-state index in [1.165, 1.54) is 32.1 Å². The highest BCUT2D eigenvalue weighted by molar-refractivity contribution is 7.47. The number of amides is 1. The molecule has 1 amide bonds. The second kappa shape index (κ2) is 44.3. The van der Waals surface area contributed by atoms with E-state index in [1.807, 2.05) is 0 Å². The molecular formula is C50H84NO10P. The van der Waals surface area contributed by atoms with Gasteiger partial charge >= 0.3 is 19.8 Å². The highest BCUT2D eigenvalue weighted by Crippen LogP contribution is 2.43. The van der Waals surface area contributed by atoms with Gasteiger partial charge in [0.15, 0.2) is 6.04 Å². The lowest BCUT2D eigenvalue weighted by Crippen LogP contribution is -2.43. The molecule has 62 heavy (non-hydrogen) atoms. The molecule has 0 aliphatic carbocycles. The number of aliphatic hydroxyl groups excluding tert-OH is 1. The van der Waals surface area contributed by atoms with Crippen LogP contribution in [0.15, 0.2) is 85.1 Å². The van der Waals surface area contributed by atoms with Gasteiger partial charge in [0.05, 0.1) is 13.2 Å². The van der Waals surface area contributed by atoms with Gasteiger partial charge in [-0.1, -0.05) is 163 Å². The van der Waals surface area contributed by atoms with Crippen molar-refractivity contribution in [2.24, 2.45) is 0 Å². The predicted molar refractivity (Wildman–Crippen MR) is 254 cm³/mol. The average molecular weight is 890 g/mol. The van der Waals surface area contributed by atoms with Crippen LogP contribution in [0, 0.1) is 0 Å². The first-order chi connectivity index (χ1) is 30.1. The Hall–Kier alpha value is -3.34. The number of phosphoric ester groups is 1. The number of carbonyl (C=O) groups is 3. The van der Waals surface area contributed by atoms with Crippen LogP contribution in [-0.2, 0) is 32.7 Å². The quantitative estimate of drug-likeness (QED) is 0.0200. The molecule has 0 fully saturated rings. The topological polar surface area (TPSA) is 169 Å². The number of carboxylic acids is 1. The summed E-state index contributed by atoms with van der Waals surface area (Å²) < 4.78 is 26.9. The number of carboxylic acid groups (broad SMARTS) is 1. The molecule has 0 spiro atoms. The standard InChI is InChI=1S/C50H84NO10P/c1-3-5-7-9-11-13-15-17-19-20-21-22-23-24-25-26-28-30-32-34-36-38-40-42-49(54)59-43-46(52)44-60-62(57,58)61-45-47(50(55)56)51-48(53)41-39-37-35-33-31-29-27-18-16-14-12-10-8-6-4-2/h5,7,11-14,17-19,21-22,24-25,27,46-47,52H,3-4,6,8-10,15-16,20,23,26,28-45H2,1-2H3,(H,51,53)(H,55,56)(H,57,58)/b7-5-,13-11-,14-12-,19-17-,22-21-,25-24-,27-18-. The molecule has 3 unspecified atom stereocenters. The maximum atomic E-state index is 12.3. The molecular weight excluding hydrogens is 806 g/mol. The van der Waals surface area contributed by atoms with E-state index in [4.69, 9.17) is 13.8 Å². The van der Waals surface area contributed by atoms with Crippen LogP contribution < -0.4 is 5.32 Å². The van der Waals surface area contributed by atoms with Crippen molar-refractivity contribution in [3.8, 4) is 0 Å². The highest BCUT2D eigenvalue weighted by Gasteiger charge is 2.28. The largest absolute Gasteiger partial charge is 0.480 e. The van der Waals surface area contributed by atoms with E-state index in [-0.39, 0.29) is 12.8 Å². The van der Waals surface area contributed by atoms with E-state index in [9.17, 15) is 34.1 Å². The Morgan fingerprint density at radius 2 is 0.935 bits per heavy atom. The van der Waals surface area contributed by atoms with Crippen molar-refractivity contribution in [2.45, 2.75) is 193 Å². The van der Waals surface area contributed by atoms with Crippen molar-refractivity contribution >= 4 is 25.7 Å². The molecule has 12 heteroatoms. The van der Waals surface area contributed by atoms with Crippen molar-refractivity contribution in [3.63, 3.8) is 0 Å². The first-order valence-electron chi connectivity index (χ1n) is 23.6. The fourth-order valence-corrected chi connectivity index (χ4v) is 6.79. The van der Waals surface area contributed by atoms with Crippen LogP contribution in [-0.4, -0.2) is 64.9 Å². The predicted octanol–water partition coefficient (Wildman–Crippen LogP) is 12.7. The summed E-state index contributed by atoms with van der Waals surface area (Å²) in [6.45, 7) is 2.42. The Labute approximate surface area is 375 Å². The second-order valence-electron chi connectivity index (χ2n) is 15.6. The Balaban J connectivity index is 3.90. The van der Waals surface area contributed by atoms with Crippen molar-refractivity contribution in [3.05, 3.63) is 85.1 Å². The second-order valence-corrected chi connectivity index (χ2v) is 17.0. The molecule has 0 bridgehead atoms. The fourth-order valence-electron chi connectivity index (χ4n) is 6.02. The molecule has 0 heterocycles. The lowest BCUT2D eigenvalue weighted by atomic mass is 10.1. The summed E-state index contributed by atoms with van der Waals surface area (Å²) in [4.78, 5) is 46.0. The number of unbranched alkanes of at least 4 members (excludes halogenated alkanes) is 15. The fraction of sp³-hybridized carbons (Fsp3) is 0.660. The van der Waals surface area contributed by atoms with Crippen LogP contribution in [0.4, 0.5) is 0 Å². The molecule has 354 valence electrons. The van der Waals surface area contributed by atoms with Crippen molar-refractivity contribution in [1.29, 1.82) is 0 Å². The Kier molecular flexibility index (Phi) is 41.9. The van der Waals surface area contributed by atoms with Gasteiger partial charge in [-0.2, -0.15) is 0 Å². The lowest BCUT2D eigenvalue weighted by Gasteiger charge is -2.18. The van der Waals surface area contributed by atoms with Gasteiger partial charge in [0.2, 0.25) is 5.91 Å². The van der Waals surface area contributed by atoms with E-state index in [2.05, 4.69) is 104 Å². The minimum absolute atomic E-state index is 0.125. The van der Waals surface area contributed by atoms with Crippen LogP contribution >= 0.6 is 7.82 Å². The van der Waals surface area contributed by atoms with Crippen LogP contribution in [0.3, 0.4) is 0 Å². The normalized spacial score (nSPS) is 14.4. The number of carbonyl (C=O) groups excluding carboxylic acids is 2. The molecule has 3 atom stereocenters. The summed E-state index contributed by atoms with van der Waals surface area (Å²) in [5, 5.41) is 21.9. The zero-order valence-corrected chi connectivity index (χ0v) is 39.3. The number of rotatable bonds is 43. The van der Waals surface area contributed by atoms with Gasteiger partial charge in [-0.3, -0.25) is 18.6 Å². The molecule has 11 nitrogen and oxygen atoms in total. The van der Waals surface area contributed by atoms with E-state index in [0.29, 0.717) is 12.8 Å². The third-order valence-corrected chi connectivity index (χ3v) is 10.6. The third-order valence-electron chi connectivity index (χ3n) is 9.67. The van der Waals surface area contributed by atoms with E-state index in [1.54, 1.807) is 0 Å². The van der Waals surface area contributed by atoms with Crippen molar-refractivity contribution in [2.75, 3.05) is 19.8 Å². The molecule has 0 radical (unpaired) electrons. The first-order valence-corrected chi connectivity index (χ1v) is 25.1. The molecule has 0 aliphatic heterocycles. The van der Waals surface area contributed by atoms with E-state index in [0.717, 1.165) is 109 Å². The minimum Gasteiger partial charge on any atom is -0.480 e. The van der Waals surface area contributed by atoms with E-state index < -0.39 is 57.6 Å². The van der Waals surface area contributed by atoms with Gasteiger partial charge in [-0.25, -0.2) is 9.36 Å². The number of hydrogen-bond donors (Lipinski definition) is 4. The highest BCUT2D eigenvalue weighted by atomic mass is 31.2. The smallest absolute Gasteiger partial charge is 0.472 e. The minimum atomic E-state index is -4.77. The third kappa shape index (κ3) is 43.3. The summed E-state index contributed by atoms with van der Waals surface area (Å²) in [6.07, 6.45) is 54.6. The van der Waals surface area contributed by atoms with Gasteiger partial charge in [0.25, 0.3) is 0 Å². The monoisotopic (exact) mass is 890 g/mol. The van der Waals surface area contributed by atoms with Crippen molar-refractivity contribution < 1.29 is 47.8 Å². The van der Waals surface area contributed by atoms with Gasteiger partial charge in [0.1, 0.15) is 12.7 Å². The summed E-state index contributed by atoms with van der Waals surface area (Å²) in [5.41, 5.74) is 0. The zero-order chi connectivity index (χ0) is 45.6. The number of phosphoric acid groups is 1. The van der Waals surface area contributed by atoms with Gasteiger partial charge < -0.3 is 25.2 Å². The first kappa shape index (κ1) is 58.7. The van der Waals surface area contributed by atoms with Crippen LogP contribution in [0.1, 0.15) is 181 Å². The number of hydrogen-bond acceptors (Lipinski definition) is 8. The van der Waals surface area contributed by atoms with Gasteiger partial charge in [-0.15, -0.1) is 0 Å². The summed E-state index contributed by atoms with van der Waals surface area (Å²) in [7, 11) is -4.77. The zero-order valence-electron chi connectivity index (χ0n) is 38.4. The summed E-state index contributed by atoms with van der Waals surface area (Å²) in [6, 6.07) is -1.56. The summed E-state index contributed by atoms with van der Waals surface area (Å²) >= 11 is 0. The molecule has 0 saturated carbocycles. The Morgan fingerprint density at radius 1 is 0.532 bits per heavy atom. The van der Waals surface area contributed by atoms with E-state index >= 15 is 0 Å². The average Bonchev–Trinajstić information content (AvgIpc) is 3.25. The van der Waals surface area contributed by atoms with Crippen molar-refractivity contribution in [1.82, 2.24) is 5.32 Å². The van der Waals surface area contributed by atoms with Gasteiger partial charge in [0, 0.05) is 12.8 Å². The number of allylic oxidation sites excluding steroid dienone is 14. The van der Waals surface area contributed by atoms with Gasteiger partial charge in [-0.05, 0) is 89.9 Å². The number of nitrogens with one attached hydrogen (secondary N) is 1. The lowest BCUT2D eigenvalue weighted by molar-refractivity contribution is -0.147. The maximum Gasteiger partial charge on any atom is 0.472 e. The van der Waals surface area contributed by atoms with Crippen LogP contribution in [0.2, 0.25) is 0 Å². The number of aliphatic carboxylic acids is 1. The van der Waals surface area contributed by atoms with Crippen LogP contribution in [0.25, 0.3) is 0 Å². The summed E-state index contributed by atoms with van der Waals surface area (Å²) in [5.74, 6) is -2.41. The Bertz CT molecular complexity index is 1370. The molecule has 0 rings (SSSR count). The molecule has 0 aromatic rings. The molecule has 0 aliphatic rings. The maximum absolute atomic E-state index is 12.3. The molecule has 0 saturated heterocycles. The molecule has 4 N–H and O–H groups in total. The number of esters is 1. The molecule has 0 aromatic carbocycles.